The zero-order valence-corrected chi connectivity index (χ0v) is 17.3. The second kappa shape index (κ2) is 8.51. The van der Waals surface area contributed by atoms with Crippen LogP contribution in [-0.2, 0) is 11.4 Å². The van der Waals surface area contributed by atoms with Crippen LogP contribution in [-0.4, -0.2) is 20.1 Å². The van der Waals surface area contributed by atoms with E-state index in [1.165, 1.54) is 0 Å². The molecule has 6 heteroatoms. The molecule has 0 bridgehead atoms. The number of rotatable bonds is 6. The van der Waals surface area contributed by atoms with E-state index in [1.54, 1.807) is 26.4 Å². The number of fused-ring (bicyclic) bond motifs is 1. The summed E-state index contributed by atoms with van der Waals surface area (Å²) < 4.78 is 16.6. The molecule has 1 heterocycles. The number of methoxy groups -OCH3 is 2. The number of nitrogens with one attached hydrogen (secondary N) is 1. The number of amides is 1. The molecule has 1 aliphatic rings. The molecule has 0 atom stereocenters. The van der Waals surface area contributed by atoms with Crippen molar-refractivity contribution in [3.05, 3.63) is 82.4 Å². The first kappa shape index (κ1) is 19.9. The van der Waals surface area contributed by atoms with Gasteiger partial charge in [-0.1, -0.05) is 35.9 Å². The maximum Gasteiger partial charge on any atom is 0.256 e. The van der Waals surface area contributed by atoms with E-state index in [0.717, 1.165) is 22.4 Å². The van der Waals surface area contributed by atoms with Crippen LogP contribution >= 0.6 is 11.6 Å². The molecule has 0 aromatic heterocycles. The first-order valence-electron chi connectivity index (χ1n) is 9.34. The normalized spacial score (nSPS) is 13.7. The summed E-state index contributed by atoms with van der Waals surface area (Å²) in [5, 5.41) is 3.42. The van der Waals surface area contributed by atoms with E-state index < -0.39 is 0 Å². The van der Waals surface area contributed by atoms with Crippen LogP contribution in [0.25, 0.3) is 11.6 Å². The van der Waals surface area contributed by atoms with Crippen molar-refractivity contribution in [3.63, 3.8) is 0 Å². The SMILES string of the molecule is COc1ccc(COc2ccc(/C=C3\C(=O)Nc4cc(Cl)ccc43)cc2OC)cc1. The molecule has 0 fully saturated rings. The highest BCUT2D eigenvalue weighted by Gasteiger charge is 2.24. The number of anilines is 1. The van der Waals surface area contributed by atoms with Crippen molar-refractivity contribution in [1.82, 2.24) is 0 Å². The van der Waals surface area contributed by atoms with Crippen LogP contribution in [0.2, 0.25) is 5.02 Å². The van der Waals surface area contributed by atoms with Gasteiger partial charge in [-0.05, 0) is 53.6 Å². The number of benzene rings is 3. The summed E-state index contributed by atoms with van der Waals surface area (Å²) in [5.41, 5.74) is 3.96. The molecule has 3 aromatic rings. The van der Waals surface area contributed by atoms with E-state index in [9.17, 15) is 4.79 Å². The predicted molar refractivity (Wildman–Crippen MR) is 118 cm³/mol. The minimum absolute atomic E-state index is 0.161. The van der Waals surface area contributed by atoms with E-state index in [0.29, 0.717) is 34.4 Å². The molecular weight excluding hydrogens is 402 g/mol. The van der Waals surface area contributed by atoms with Crippen molar-refractivity contribution < 1.29 is 19.0 Å². The van der Waals surface area contributed by atoms with Gasteiger partial charge in [0.2, 0.25) is 0 Å². The largest absolute Gasteiger partial charge is 0.497 e. The number of hydrogen-bond donors (Lipinski definition) is 1. The topological polar surface area (TPSA) is 56.8 Å². The Balaban J connectivity index is 1.55. The number of carbonyl (C=O) groups excluding carboxylic acids is 1. The lowest BCUT2D eigenvalue weighted by molar-refractivity contribution is -0.110. The maximum atomic E-state index is 12.4. The van der Waals surface area contributed by atoms with Crippen LogP contribution in [0.15, 0.2) is 60.7 Å². The average molecular weight is 422 g/mol. The van der Waals surface area contributed by atoms with Gasteiger partial charge in [-0.3, -0.25) is 4.79 Å². The van der Waals surface area contributed by atoms with Gasteiger partial charge < -0.3 is 19.5 Å². The fraction of sp³-hybridized carbons (Fsp3) is 0.125. The van der Waals surface area contributed by atoms with E-state index >= 15 is 0 Å². The average Bonchev–Trinajstić information content (AvgIpc) is 3.07. The fourth-order valence-corrected chi connectivity index (χ4v) is 3.42. The third-order valence-corrected chi connectivity index (χ3v) is 5.05. The molecule has 1 amide bonds. The van der Waals surface area contributed by atoms with Crippen molar-refractivity contribution in [3.8, 4) is 17.2 Å². The highest BCUT2D eigenvalue weighted by Crippen LogP contribution is 2.36. The lowest BCUT2D eigenvalue weighted by atomic mass is 10.0. The van der Waals surface area contributed by atoms with Crippen molar-refractivity contribution >= 4 is 34.8 Å². The summed E-state index contributed by atoms with van der Waals surface area (Å²) >= 11 is 6.02. The van der Waals surface area contributed by atoms with Crippen LogP contribution in [0.5, 0.6) is 17.2 Å². The standard InChI is InChI=1S/C24H20ClNO4/c1-28-18-7-3-15(4-8-18)14-30-22-10-5-16(12-23(22)29-2)11-20-19-9-6-17(25)13-21(19)26-24(20)27/h3-13H,14H2,1-2H3,(H,26,27)/b20-11-. The zero-order chi connectivity index (χ0) is 21.1. The molecule has 30 heavy (non-hydrogen) atoms. The molecule has 1 N–H and O–H groups in total. The first-order chi connectivity index (χ1) is 14.6. The highest BCUT2D eigenvalue weighted by molar-refractivity contribution is 6.36. The lowest BCUT2D eigenvalue weighted by Crippen LogP contribution is -2.03. The van der Waals surface area contributed by atoms with Gasteiger partial charge in [-0.15, -0.1) is 0 Å². The third-order valence-electron chi connectivity index (χ3n) is 4.82. The van der Waals surface area contributed by atoms with Gasteiger partial charge in [0, 0.05) is 16.2 Å². The quantitative estimate of drug-likeness (QED) is 0.539. The minimum atomic E-state index is -0.161. The van der Waals surface area contributed by atoms with Gasteiger partial charge in [0.1, 0.15) is 12.4 Å². The van der Waals surface area contributed by atoms with Gasteiger partial charge >= 0.3 is 0 Å². The minimum Gasteiger partial charge on any atom is -0.497 e. The Morgan fingerprint density at radius 2 is 1.73 bits per heavy atom. The van der Waals surface area contributed by atoms with Gasteiger partial charge in [0.05, 0.1) is 19.9 Å². The molecule has 0 radical (unpaired) electrons. The molecule has 152 valence electrons. The first-order valence-corrected chi connectivity index (χ1v) is 9.72. The molecule has 0 unspecified atom stereocenters. The molecule has 0 spiro atoms. The van der Waals surface area contributed by atoms with Crippen molar-refractivity contribution in [2.45, 2.75) is 6.61 Å². The van der Waals surface area contributed by atoms with Crippen LogP contribution in [0.4, 0.5) is 5.69 Å². The van der Waals surface area contributed by atoms with Gasteiger partial charge in [-0.2, -0.15) is 0 Å². The molecular formula is C24H20ClNO4. The van der Waals surface area contributed by atoms with E-state index in [1.807, 2.05) is 54.6 Å². The fourth-order valence-electron chi connectivity index (χ4n) is 3.25. The molecule has 0 saturated heterocycles. The Bertz CT molecular complexity index is 1120. The molecule has 4 rings (SSSR count). The van der Waals surface area contributed by atoms with Gasteiger partial charge in [0.25, 0.3) is 5.91 Å². The summed E-state index contributed by atoms with van der Waals surface area (Å²) in [4.78, 5) is 12.4. The molecule has 5 nitrogen and oxygen atoms in total. The number of halogens is 1. The second-order valence-corrected chi connectivity index (χ2v) is 7.19. The van der Waals surface area contributed by atoms with Gasteiger partial charge in [-0.25, -0.2) is 0 Å². The Morgan fingerprint density at radius 3 is 2.47 bits per heavy atom. The van der Waals surface area contributed by atoms with Crippen molar-refractivity contribution in [2.75, 3.05) is 19.5 Å². The number of carbonyl (C=O) groups is 1. The van der Waals surface area contributed by atoms with E-state index in [-0.39, 0.29) is 5.91 Å². The lowest BCUT2D eigenvalue weighted by Gasteiger charge is -2.12. The number of ether oxygens (including phenoxy) is 3. The Labute approximate surface area is 179 Å². The number of hydrogen-bond acceptors (Lipinski definition) is 4. The molecule has 0 saturated carbocycles. The smallest absolute Gasteiger partial charge is 0.256 e. The third kappa shape index (κ3) is 4.11. The molecule has 0 aliphatic carbocycles. The van der Waals surface area contributed by atoms with Crippen LogP contribution in [0, 0.1) is 0 Å². The van der Waals surface area contributed by atoms with E-state index in [2.05, 4.69) is 5.32 Å². The van der Waals surface area contributed by atoms with Gasteiger partial charge in [0.15, 0.2) is 11.5 Å². The maximum absolute atomic E-state index is 12.4. The molecule has 3 aromatic carbocycles. The predicted octanol–water partition coefficient (Wildman–Crippen LogP) is 5.43. The zero-order valence-electron chi connectivity index (χ0n) is 16.6. The Morgan fingerprint density at radius 1 is 0.933 bits per heavy atom. The van der Waals surface area contributed by atoms with Crippen LogP contribution < -0.4 is 19.5 Å². The van der Waals surface area contributed by atoms with Crippen molar-refractivity contribution in [2.24, 2.45) is 0 Å². The second-order valence-electron chi connectivity index (χ2n) is 6.75. The summed E-state index contributed by atoms with van der Waals surface area (Å²) in [6.45, 7) is 0.400. The summed E-state index contributed by atoms with van der Waals surface area (Å²) in [5.74, 6) is 1.85. The van der Waals surface area contributed by atoms with Crippen LogP contribution in [0.1, 0.15) is 16.7 Å². The van der Waals surface area contributed by atoms with E-state index in [4.69, 9.17) is 25.8 Å². The summed E-state index contributed by atoms with van der Waals surface area (Å²) in [6, 6.07) is 18.6. The molecule has 1 aliphatic heterocycles. The van der Waals surface area contributed by atoms with Crippen LogP contribution in [0.3, 0.4) is 0 Å². The summed E-state index contributed by atoms with van der Waals surface area (Å²) in [7, 11) is 3.22. The Kier molecular flexibility index (Phi) is 5.63. The van der Waals surface area contributed by atoms with Crippen molar-refractivity contribution in [1.29, 1.82) is 0 Å². The highest BCUT2D eigenvalue weighted by atomic mass is 35.5. The summed E-state index contributed by atoms with van der Waals surface area (Å²) in [6.07, 6.45) is 1.82. The Hall–Kier alpha value is -3.44. The monoisotopic (exact) mass is 421 g/mol.